The molecule has 142 valence electrons. The number of aromatic nitrogens is 1. The summed E-state index contributed by atoms with van der Waals surface area (Å²) in [6.07, 6.45) is 1.34. The topological polar surface area (TPSA) is 79.2 Å². The van der Waals surface area contributed by atoms with E-state index in [0.717, 1.165) is 41.2 Å². The fraction of sp³-hybridized carbons (Fsp3) is 0.400. The summed E-state index contributed by atoms with van der Waals surface area (Å²) < 4.78 is 6.02. The molecule has 0 bridgehead atoms. The molecule has 0 spiro atoms. The molecule has 1 amide bonds. The van der Waals surface area contributed by atoms with Gasteiger partial charge in [0.25, 0.3) is 0 Å². The van der Waals surface area contributed by atoms with Crippen molar-refractivity contribution in [2.24, 2.45) is 0 Å². The number of rotatable bonds is 6. The lowest BCUT2D eigenvalue weighted by Crippen LogP contribution is -2.27. The second-order valence-electron chi connectivity index (χ2n) is 7.03. The van der Waals surface area contributed by atoms with E-state index in [1.807, 2.05) is 24.3 Å². The predicted molar refractivity (Wildman–Crippen MR) is 109 cm³/mol. The zero-order valence-electron chi connectivity index (χ0n) is 15.6. The number of nitrogens with one attached hydrogen (secondary N) is 3. The summed E-state index contributed by atoms with van der Waals surface area (Å²) in [6.45, 7) is 6.54. The quantitative estimate of drug-likeness (QED) is 0.606. The summed E-state index contributed by atoms with van der Waals surface area (Å²) in [5.41, 5.74) is 3.78. The van der Waals surface area contributed by atoms with Crippen molar-refractivity contribution in [1.29, 1.82) is 0 Å². The Kier molecular flexibility index (Phi) is 5.24. The van der Waals surface area contributed by atoms with Crippen LogP contribution in [0.4, 0.5) is 5.00 Å². The van der Waals surface area contributed by atoms with Gasteiger partial charge in [-0.2, -0.15) is 0 Å². The van der Waals surface area contributed by atoms with E-state index < -0.39 is 0 Å². The highest BCUT2D eigenvalue weighted by molar-refractivity contribution is 7.17. The van der Waals surface area contributed by atoms with Crippen LogP contribution >= 0.6 is 11.3 Å². The first kappa shape index (κ1) is 18.2. The molecule has 27 heavy (non-hydrogen) atoms. The van der Waals surface area contributed by atoms with Crippen molar-refractivity contribution in [2.45, 2.75) is 39.3 Å². The van der Waals surface area contributed by atoms with Gasteiger partial charge in [-0.05, 0) is 30.7 Å². The third-order valence-corrected chi connectivity index (χ3v) is 5.74. The molecule has 0 fully saturated rings. The zero-order chi connectivity index (χ0) is 18.8. The molecule has 1 aromatic carbocycles. The third-order valence-electron chi connectivity index (χ3n) is 4.59. The summed E-state index contributed by atoms with van der Waals surface area (Å²) >= 11 is 1.62. The Morgan fingerprint density at radius 2 is 2.22 bits per heavy atom. The highest BCUT2D eigenvalue weighted by Gasteiger charge is 2.26. The van der Waals surface area contributed by atoms with Crippen LogP contribution in [0.25, 0.3) is 22.6 Å². The van der Waals surface area contributed by atoms with Gasteiger partial charge in [0.2, 0.25) is 11.8 Å². The lowest BCUT2D eigenvalue weighted by molar-refractivity contribution is -0.116. The molecule has 7 heteroatoms. The molecule has 0 unspecified atom stereocenters. The number of fused-ring (bicyclic) bond motifs is 2. The van der Waals surface area contributed by atoms with Gasteiger partial charge in [-0.15, -0.1) is 11.3 Å². The first-order valence-corrected chi connectivity index (χ1v) is 10.2. The lowest BCUT2D eigenvalue weighted by Gasteiger charge is -2.13. The Hall–Kier alpha value is -2.22. The number of thiophene rings is 1. The molecule has 0 saturated heterocycles. The van der Waals surface area contributed by atoms with Crippen molar-refractivity contribution >= 4 is 33.3 Å². The van der Waals surface area contributed by atoms with Crippen LogP contribution in [0.3, 0.4) is 0 Å². The maximum Gasteiger partial charge on any atom is 0.230 e. The number of hydrogen-bond acceptors (Lipinski definition) is 6. The van der Waals surface area contributed by atoms with Gasteiger partial charge in [-0.25, -0.2) is 4.98 Å². The average Bonchev–Trinajstić information content (AvgIpc) is 3.21. The van der Waals surface area contributed by atoms with Crippen LogP contribution in [0.15, 0.2) is 28.7 Å². The van der Waals surface area contributed by atoms with Gasteiger partial charge in [0.15, 0.2) is 5.58 Å². The molecule has 0 aliphatic carbocycles. The van der Waals surface area contributed by atoms with Gasteiger partial charge < -0.3 is 20.4 Å². The van der Waals surface area contributed by atoms with Crippen molar-refractivity contribution in [3.8, 4) is 11.5 Å². The van der Waals surface area contributed by atoms with Crippen LogP contribution < -0.4 is 16.0 Å². The number of carbonyl (C=O) groups is 1. The maximum absolute atomic E-state index is 12.5. The molecule has 0 saturated carbocycles. The van der Waals surface area contributed by atoms with Crippen LogP contribution in [0.5, 0.6) is 0 Å². The molecule has 1 aliphatic heterocycles. The minimum absolute atomic E-state index is 0.00654. The normalized spacial score (nSPS) is 13.9. The number of nitrogens with zero attached hydrogens (tertiary/aromatic N) is 1. The van der Waals surface area contributed by atoms with Crippen LogP contribution in [-0.2, 0) is 17.8 Å². The molecule has 0 radical (unpaired) electrons. The lowest BCUT2D eigenvalue weighted by atomic mass is 10.0. The Morgan fingerprint density at radius 3 is 3.04 bits per heavy atom. The average molecular weight is 385 g/mol. The largest absolute Gasteiger partial charge is 0.436 e. The number of carbonyl (C=O) groups excluding carboxylic acids is 1. The summed E-state index contributed by atoms with van der Waals surface area (Å²) in [5, 5.41) is 10.6. The number of para-hydroxylation sites is 2. The van der Waals surface area contributed by atoms with E-state index in [1.165, 1.54) is 10.4 Å². The summed E-state index contributed by atoms with van der Waals surface area (Å²) in [7, 11) is 0. The molecule has 3 aromatic rings. The number of benzene rings is 1. The minimum atomic E-state index is 0.00654. The fourth-order valence-corrected chi connectivity index (χ4v) is 4.52. The number of hydrogen-bond donors (Lipinski definition) is 3. The molecule has 1 aliphatic rings. The first-order chi connectivity index (χ1) is 13.1. The second-order valence-corrected chi connectivity index (χ2v) is 8.13. The molecule has 3 heterocycles. The van der Waals surface area contributed by atoms with Crippen LogP contribution in [0.1, 0.15) is 30.7 Å². The van der Waals surface area contributed by atoms with E-state index in [2.05, 4.69) is 34.8 Å². The molecular formula is C20H24N4O2S. The van der Waals surface area contributed by atoms with Gasteiger partial charge in [-0.1, -0.05) is 26.0 Å². The van der Waals surface area contributed by atoms with Crippen molar-refractivity contribution in [1.82, 2.24) is 15.6 Å². The Labute approximate surface area is 162 Å². The molecule has 2 aromatic heterocycles. The fourth-order valence-electron chi connectivity index (χ4n) is 3.29. The number of oxazole rings is 1. The number of anilines is 1. The number of amides is 1. The van der Waals surface area contributed by atoms with Crippen LogP contribution in [-0.4, -0.2) is 30.0 Å². The molecular weight excluding hydrogens is 360 g/mol. The van der Waals surface area contributed by atoms with E-state index in [4.69, 9.17) is 4.42 Å². The third kappa shape index (κ3) is 3.90. The smallest absolute Gasteiger partial charge is 0.230 e. The zero-order valence-corrected chi connectivity index (χ0v) is 16.4. The Balaban J connectivity index is 1.65. The van der Waals surface area contributed by atoms with Crippen molar-refractivity contribution in [3.63, 3.8) is 0 Å². The summed E-state index contributed by atoms with van der Waals surface area (Å²) in [6, 6.07) is 8.12. The molecule has 4 rings (SSSR count). The van der Waals surface area contributed by atoms with Gasteiger partial charge in [-0.3, -0.25) is 4.79 Å². The Morgan fingerprint density at radius 1 is 1.37 bits per heavy atom. The summed E-state index contributed by atoms with van der Waals surface area (Å²) in [5.74, 6) is 0.596. The molecule has 0 atom stereocenters. The van der Waals surface area contributed by atoms with Crippen molar-refractivity contribution < 1.29 is 9.21 Å². The highest BCUT2D eigenvalue weighted by Crippen LogP contribution is 2.42. The molecule has 6 nitrogen and oxygen atoms in total. The van der Waals surface area contributed by atoms with E-state index in [1.54, 1.807) is 11.3 Å². The Bertz CT molecular complexity index is 927. The SMILES string of the molecule is CC(C)NCCC(=O)Nc1sc2c(c1-c1nc3ccccc3o1)CCNC2. The van der Waals surface area contributed by atoms with Crippen LogP contribution in [0.2, 0.25) is 0 Å². The van der Waals surface area contributed by atoms with E-state index in [0.29, 0.717) is 24.9 Å². The van der Waals surface area contributed by atoms with Gasteiger partial charge in [0.05, 0.1) is 5.56 Å². The van der Waals surface area contributed by atoms with E-state index >= 15 is 0 Å². The predicted octanol–water partition coefficient (Wildman–Crippen LogP) is 3.53. The second kappa shape index (κ2) is 7.80. The van der Waals surface area contributed by atoms with E-state index in [-0.39, 0.29) is 5.91 Å². The van der Waals surface area contributed by atoms with Crippen molar-refractivity contribution in [2.75, 3.05) is 18.4 Å². The standard InChI is InChI=1S/C20H24N4O2S/c1-12(2)22-10-8-17(25)24-20-18(13-7-9-21-11-16(13)27-20)19-23-14-5-3-4-6-15(14)26-19/h3-6,12,21-22H,7-11H2,1-2H3,(H,24,25). The molecule has 3 N–H and O–H groups in total. The van der Waals surface area contributed by atoms with E-state index in [9.17, 15) is 4.79 Å². The van der Waals surface area contributed by atoms with Gasteiger partial charge >= 0.3 is 0 Å². The van der Waals surface area contributed by atoms with Crippen molar-refractivity contribution in [3.05, 3.63) is 34.7 Å². The first-order valence-electron chi connectivity index (χ1n) is 9.36. The van der Waals surface area contributed by atoms with Crippen LogP contribution in [0, 0.1) is 0 Å². The van der Waals surface area contributed by atoms with Gasteiger partial charge in [0.1, 0.15) is 10.5 Å². The van der Waals surface area contributed by atoms with Gasteiger partial charge in [0, 0.05) is 30.4 Å². The summed E-state index contributed by atoms with van der Waals surface area (Å²) in [4.78, 5) is 18.4. The highest BCUT2D eigenvalue weighted by atomic mass is 32.1. The minimum Gasteiger partial charge on any atom is -0.436 e. The maximum atomic E-state index is 12.5. The monoisotopic (exact) mass is 384 g/mol.